The zero-order valence-corrected chi connectivity index (χ0v) is 14.7. The van der Waals surface area contributed by atoms with Gasteiger partial charge in [-0.3, -0.25) is 9.59 Å². The summed E-state index contributed by atoms with van der Waals surface area (Å²) in [6.07, 6.45) is 1.24. The topological polar surface area (TPSA) is 96.5 Å². The summed E-state index contributed by atoms with van der Waals surface area (Å²) >= 11 is 0. The molecular weight excluding hydrogens is 344 g/mol. The number of esters is 1. The number of piperidine rings is 1. The lowest BCUT2D eigenvalue weighted by Crippen LogP contribution is -2.42. The largest absolute Gasteiger partial charge is 0.466 e. The van der Waals surface area contributed by atoms with E-state index in [0.717, 1.165) is 0 Å². The van der Waals surface area contributed by atoms with Crippen molar-refractivity contribution in [1.82, 2.24) is 9.29 Å². The van der Waals surface area contributed by atoms with Gasteiger partial charge in [0.05, 0.1) is 17.4 Å². The number of nitrogens with zero attached hydrogens (tertiary/aromatic N) is 1. The van der Waals surface area contributed by atoms with Crippen LogP contribution in [-0.2, 0) is 19.6 Å². The number of hydrogen-bond donors (Lipinski definition) is 1. The number of benzene rings is 1. The van der Waals surface area contributed by atoms with Crippen LogP contribution in [0.25, 0.3) is 10.9 Å². The second-order valence-corrected chi connectivity index (χ2v) is 7.96. The number of sulfonamides is 1. The van der Waals surface area contributed by atoms with Gasteiger partial charge in [-0.1, -0.05) is 0 Å². The molecule has 1 aliphatic rings. The average molecular weight is 364 g/mol. The van der Waals surface area contributed by atoms with Crippen molar-refractivity contribution < 1.29 is 17.9 Å². The summed E-state index contributed by atoms with van der Waals surface area (Å²) in [6.45, 7) is 2.52. The van der Waals surface area contributed by atoms with Crippen LogP contribution in [0.5, 0.6) is 0 Å². The first-order chi connectivity index (χ1) is 11.9. The summed E-state index contributed by atoms with van der Waals surface area (Å²) in [6, 6.07) is 7.54. The van der Waals surface area contributed by atoms with E-state index in [1.807, 2.05) is 0 Å². The molecule has 0 saturated carbocycles. The summed E-state index contributed by atoms with van der Waals surface area (Å²) in [5.41, 5.74) is 0.339. The van der Waals surface area contributed by atoms with Crippen molar-refractivity contribution in [2.45, 2.75) is 24.7 Å². The molecule has 1 saturated heterocycles. The molecule has 8 heteroatoms. The van der Waals surface area contributed by atoms with Crippen molar-refractivity contribution >= 4 is 26.9 Å². The first-order valence-corrected chi connectivity index (χ1v) is 9.65. The van der Waals surface area contributed by atoms with Crippen LogP contribution in [0, 0.1) is 5.92 Å². The minimum Gasteiger partial charge on any atom is -0.466 e. The maximum absolute atomic E-state index is 12.9. The number of nitrogens with one attached hydrogen (secondary N) is 1. The Morgan fingerprint density at radius 2 is 2.12 bits per heavy atom. The minimum absolute atomic E-state index is 0.130. The molecule has 2 heterocycles. The van der Waals surface area contributed by atoms with E-state index in [0.29, 0.717) is 30.3 Å². The Labute approximate surface area is 145 Å². The third kappa shape index (κ3) is 3.59. The zero-order chi connectivity index (χ0) is 18.0. The Morgan fingerprint density at radius 3 is 2.88 bits per heavy atom. The fourth-order valence-corrected chi connectivity index (χ4v) is 4.61. The highest BCUT2D eigenvalue weighted by Gasteiger charge is 2.34. The number of H-pyrrole nitrogens is 1. The Bertz CT molecular complexity index is 951. The van der Waals surface area contributed by atoms with Gasteiger partial charge < -0.3 is 9.72 Å². The molecule has 0 aliphatic carbocycles. The van der Waals surface area contributed by atoms with Crippen molar-refractivity contribution in [2.75, 3.05) is 19.7 Å². The van der Waals surface area contributed by atoms with E-state index in [1.54, 1.807) is 19.1 Å². The van der Waals surface area contributed by atoms with E-state index in [-0.39, 0.29) is 29.6 Å². The van der Waals surface area contributed by atoms with Gasteiger partial charge >= 0.3 is 5.97 Å². The summed E-state index contributed by atoms with van der Waals surface area (Å²) in [5, 5.41) is 0.639. The Morgan fingerprint density at radius 1 is 1.32 bits per heavy atom. The van der Waals surface area contributed by atoms with E-state index in [1.165, 1.54) is 22.5 Å². The van der Waals surface area contributed by atoms with Gasteiger partial charge in [0, 0.05) is 24.7 Å². The highest BCUT2D eigenvalue weighted by atomic mass is 32.2. The van der Waals surface area contributed by atoms with Crippen LogP contribution >= 0.6 is 0 Å². The molecule has 1 aromatic carbocycles. The number of hydrogen-bond acceptors (Lipinski definition) is 5. The molecule has 1 atom stereocenters. The molecule has 2 aromatic rings. The first kappa shape index (κ1) is 17.6. The van der Waals surface area contributed by atoms with Crippen LogP contribution in [0.2, 0.25) is 0 Å². The molecule has 0 bridgehead atoms. The van der Waals surface area contributed by atoms with Gasteiger partial charge in [-0.05, 0) is 49.4 Å². The maximum atomic E-state index is 12.9. The standard InChI is InChI=1S/C17H20N2O5S/c1-2-24-17(21)13-4-3-9-19(11-13)25(22,23)14-6-7-15-12(10-14)5-8-16(20)18-15/h5-8,10,13H,2-4,9,11H2,1H3,(H,18,20)/t13-/m1/s1. The van der Waals surface area contributed by atoms with Crippen LogP contribution in [0.15, 0.2) is 40.0 Å². The van der Waals surface area contributed by atoms with Gasteiger partial charge in [0.25, 0.3) is 0 Å². The number of fused-ring (bicyclic) bond motifs is 1. The highest BCUT2D eigenvalue weighted by Crippen LogP contribution is 2.26. The smallest absolute Gasteiger partial charge is 0.310 e. The van der Waals surface area contributed by atoms with Crippen LogP contribution in [0.3, 0.4) is 0 Å². The number of carbonyl (C=O) groups excluding carboxylic acids is 1. The number of pyridine rings is 1. The monoisotopic (exact) mass is 364 g/mol. The Balaban J connectivity index is 1.89. The summed E-state index contributed by atoms with van der Waals surface area (Å²) < 4.78 is 32.2. The van der Waals surface area contributed by atoms with Crippen LogP contribution < -0.4 is 5.56 Å². The Hall–Kier alpha value is -2.19. The molecule has 0 radical (unpaired) electrons. The quantitative estimate of drug-likeness (QED) is 0.829. The zero-order valence-electron chi connectivity index (χ0n) is 13.9. The van der Waals surface area contributed by atoms with Gasteiger partial charge in [-0.2, -0.15) is 4.31 Å². The molecule has 3 rings (SSSR count). The normalized spacial score (nSPS) is 19.0. The molecule has 0 spiro atoms. The predicted octanol–water partition coefficient (Wildman–Crippen LogP) is 1.49. The van der Waals surface area contributed by atoms with Crippen molar-refractivity contribution in [3.05, 3.63) is 40.7 Å². The van der Waals surface area contributed by atoms with Crippen molar-refractivity contribution in [3.63, 3.8) is 0 Å². The molecular formula is C17H20N2O5S. The molecule has 0 amide bonds. The van der Waals surface area contributed by atoms with Gasteiger partial charge in [-0.15, -0.1) is 0 Å². The van der Waals surface area contributed by atoms with Crippen LogP contribution in [0.1, 0.15) is 19.8 Å². The molecule has 1 fully saturated rings. The van der Waals surface area contributed by atoms with Crippen molar-refractivity contribution in [3.8, 4) is 0 Å². The van der Waals surface area contributed by atoms with Gasteiger partial charge in [0.15, 0.2) is 0 Å². The van der Waals surface area contributed by atoms with Gasteiger partial charge in [0.2, 0.25) is 15.6 Å². The Kier molecular flexibility index (Phi) is 4.91. The fourth-order valence-electron chi connectivity index (χ4n) is 3.06. The highest BCUT2D eigenvalue weighted by molar-refractivity contribution is 7.89. The number of ether oxygens (including phenoxy) is 1. The predicted molar refractivity (Wildman–Crippen MR) is 92.7 cm³/mol. The van der Waals surface area contributed by atoms with E-state index in [4.69, 9.17) is 4.74 Å². The minimum atomic E-state index is -3.71. The van der Waals surface area contributed by atoms with E-state index in [2.05, 4.69) is 4.98 Å². The molecule has 134 valence electrons. The summed E-state index contributed by atoms with van der Waals surface area (Å²) in [7, 11) is -3.71. The van der Waals surface area contributed by atoms with E-state index in [9.17, 15) is 18.0 Å². The van der Waals surface area contributed by atoms with Crippen LogP contribution in [0.4, 0.5) is 0 Å². The first-order valence-electron chi connectivity index (χ1n) is 8.21. The second kappa shape index (κ2) is 6.97. The molecule has 1 aromatic heterocycles. The van der Waals surface area contributed by atoms with Crippen molar-refractivity contribution in [1.29, 1.82) is 0 Å². The van der Waals surface area contributed by atoms with E-state index < -0.39 is 15.9 Å². The van der Waals surface area contributed by atoms with E-state index >= 15 is 0 Å². The lowest BCUT2D eigenvalue weighted by Gasteiger charge is -2.30. The summed E-state index contributed by atoms with van der Waals surface area (Å²) in [5.74, 6) is -0.779. The number of aromatic amines is 1. The molecule has 1 aliphatic heterocycles. The van der Waals surface area contributed by atoms with Gasteiger partial charge in [0.1, 0.15) is 0 Å². The number of rotatable bonds is 4. The maximum Gasteiger partial charge on any atom is 0.310 e. The van der Waals surface area contributed by atoms with Crippen LogP contribution in [-0.4, -0.2) is 43.4 Å². The fraction of sp³-hybridized carbons (Fsp3) is 0.412. The lowest BCUT2D eigenvalue weighted by atomic mass is 10.0. The van der Waals surface area contributed by atoms with Crippen molar-refractivity contribution in [2.24, 2.45) is 5.92 Å². The van der Waals surface area contributed by atoms with Gasteiger partial charge in [-0.25, -0.2) is 8.42 Å². The molecule has 25 heavy (non-hydrogen) atoms. The summed E-state index contributed by atoms with van der Waals surface area (Å²) in [4.78, 5) is 26.1. The molecule has 7 nitrogen and oxygen atoms in total. The third-order valence-electron chi connectivity index (χ3n) is 4.34. The second-order valence-electron chi connectivity index (χ2n) is 6.03. The SMILES string of the molecule is CCOC(=O)[C@@H]1CCCN(S(=O)(=O)c2ccc3[nH]c(=O)ccc3c2)C1. The average Bonchev–Trinajstić information content (AvgIpc) is 2.61. The lowest BCUT2D eigenvalue weighted by molar-refractivity contribution is -0.149. The third-order valence-corrected chi connectivity index (χ3v) is 6.20. The number of carbonyl (C=O) groups is 1. The molecule has 1 N–H and O–H groups in total. The number of aromatic nitrogens is 1. The molecule has 0 unspecified atom stereocenters.